The highest BCUT2D eigenvalue weighted by molar-refractivity contribution is 9.10. The van der Waals surface area contributed by atoms with Crippen molar-refractivity contribution < 1.29 is 0 Å². The SMILES string of the molecule is CNC(CCCc1ccccc1)c1ccc(Cl)c(Br)c1. The van der Waals surface area contributed by atoms with Crippen LogP contribution in [0.2, 0.25) is 5.02 Å². The fourth-order valence-electron chi connectivity index (χ4n) is 2.36. The lowest BCUT2D eigenvalue weighted by Gasteiger charge is -2.17. The van der Waals surface area contributed by atoms with Crippen LogP contribution >= 0.6 is 27.5 Å². The molecule has 1 N–H and O–H groups in total. The van der Waals surface area contributed by atoms with Crippen LogP contribution in [0.15, 0.2) is 53.0 Å². The molecule has 0 spiro atoms. The first-order valence-corrected chi connectivity index (χ1v) is 8.04. The Hall–Kier alpha value is -0.830. The van der Waals surface area contributed by atoms with E-state index in [-0.39, 0.29) is 0 Å². The van der Waals surface area contributed by atoms with E-state index in [2.05, 4.69) is 63.7 Å². The molecule has 0 bridgehead atoms. The van der Waals surface area contributed by atoms with Crippen LogP contribution in [0.25, 0.3) is 0 Å². The maximum absolute atomic E-state index is 6.05. The molecule has 1 unspecified atom stereocenters. The topological polar surface area (TPSA) is 12.0 Å². The quantitative estimate of drug-likeness (QED) is 0.735. The second kappa shape index (κ2) is 7.82. The molecule has 0 saturated carbocycles. The van der Waals surface area contributed by atoms with Crippen molar-refractivity contribution >= 4 is 27.5 Å². The van der Waals surface area contributed by atoms with Gasteiger partial charge in [-0.05, 0) is 65.5 Å². The standard InChI is InChI=1S/C17H19BrClN/c1-20-17(14-10-11-16(19)15(18)12-14)9-5-8-13-6-3-2-4-7-13/h2-4,6-7,10-12,17,20H,5,8-9H2,1H3. The molecule has 0 fully saturated rings. The number of halogens is 2. The highest BCUT2D eigenvalue weighted by Crippen LogP contribution is 2.28. The van der Waals surface area contributed by atoms with E-state index in [4.69, 9.17) is 11.6 Å². The molecule has 1 nitrogen and oxygen atoms in total. The molecule has 3 heteroatoms. The Morgan fingerprint density at radius 3 is 2.55 bits per heavy atom. The van der Waals surface area contributed by atoms with Gasteiger partial charge in [0.2, 0.25) is 0 Å². The van der Waals surface area contributed by atoms with Gasteiger partial charge in [-0.15, -0.1) is 0 Å². The van der Waals surface area contributed by atoms with E-state index in [1.54, 1.807) is 0 Å². The van der Waals surface area contributed by atoms with Crippen LogP contribution in [0.1, 0.15) is 30.0 Å². The predicted molar refractivity (Wildman–Crippen MR) is 90.3 cm³/mol. The number of benzene rings is 2. The monoisotopic (exact) mass is 351 g/mol. The molecule has 2 aromatic carbocycles. The molecule has 0 amide bonds. The van der Waals surface area contributed by atoms with E-state index in [0.29, 0.717) is 6.04 Å². The smallest absolute Gasteiger partial charge is 0.0548 e. The third kappa shape index (κ3) is 4.34. The van der Waals surface area contributed by atoms with Crippen molar-refractivity contribution in [3.63, 3.8) is 0 Å². The summed E-state index contributed by atoms with van der Waals surface area (Å²) in [6.45, 7) is 0. The molecule has 0 radical (unpaired) electrons. The molecule has 0 saturated heterocycles. The van der Waals surface area contributed by atoms with Crippen LogP contribution in [0, 0.1) is 0 Å². The number of hydrogen-bond acceptors (Lipinski definition) is 1. The Balaban J connectivity index is 1.93. The Morgan fingerprint density at radius 2 is 1.90 bits per heavy atom. The largest absolute Gasteiger partial charge is 0.313 e. The second-order valence-corrected chi connectivity index (χ2v) is 6.15. The van der Waals surface area contributed by atoms with E-state index in [0.717, 1.165) is 28.8 Å². The van der Waals surface area contributed by atoms with Gasteiger partial charge in [-0.3, -0.25) is 0 Å². The maximum atomic E-state index is 6.05. The molecule has 0 aromatic heterocycles. The van der Waals surface area contributed by atoms with Crippen molar-refractivity contribution in [2.24, 2.45) is 0 Å². The second-order valence-electron chi connectivity index (χ2n) is 4.89. The first-order valence-electron chi connectivity index (χ1n) is 6.87. The lowest BCUT2D eigenvalue weighted by atomic mass is 9.99. The molecule has 0 aliphatic carbocycles. The number of aryl methyl sites for hydroxylation is 1. The van der Waals surface area contributed by atoms with Crippen molar-refractivity contribution in [1.82, 2.24) is 5.32 Å². The lowest BCUT2D eigenvalue weighted by molar-refractivity contribution is 0.527. The van der Waals surface area contributed by atoms with Gasteiger partial charge in [0, 0.05) is 10.5 Å². The van der Waals surface area contributed by atoms with Crippen LogP contribution in [-0.2, 0) is 6.42 Å². The Bertz CT molecular complexity index is 542. The van der Waals surface area contributed by atoms with Gasteiger partial charge >= 0.3 is 0 Å². The van der Waals surface area contributed by atoms with Gasteiger partial charge in [0.05, 0.1) is 5.02 Å². The molecule has 20 heavy (non-hydrogen) atoms. The number of nitrogens with one attached hydrogen (secondary N) is 1. The molecule has 2 rings (SSSR count). The van der Waals surface area contributed by atoms with Crippen LogP contribution in [0.5, 0.6) is 0 Å². The van der Waals surface area contributed by atoms with Crippen LogP contribution in [0.3, 0.4) is 0 Å². The van der Waals surface area contributed by atoms with Gasteiger partial charge in [-0.25, -0.2) is 0 Å². The maximum Gasteiger partial charge on any atom is 0.0548 e. The minimum Gasteiger partial charge on any atom is -0.313 e. The van der Waals surface area contributed by atoms with Crippen LogP contribution in [0.4, 0.5) is 0 Å². The van der Waals surface area contributed by atoms with Crippen LogP contribution in [-0.4, -0.2) is 7.05 Å². The van der Waals surface area contributed by atoms with Crippen molar-refractivity contribution in [2.75, 3.05) is 7.05 Å². The summed E-state index contributed by atoms with van der Waals surface area (Å²) in [5, 5.41) is 4.14. The molecule has 1 atom stereocenters. The first kappa shape index (κ1) is 15.6. The summed E-state index contributed by atoms with van der Waals surface area (Å²) in [6.07, 6.45) is 3.39. The average Bonchev–Trinajstić information content (AvgIpc) is 2.48. The molecule has 0 aliphatic rings. The summed E-state index contributed by atoms with van der Waals surface area (Å²) in [4.78, 5) is 0. The van der Waals surface area contributed by atoms with Crippen molar-refractivity contribution in [1.29, 1.82) is 0 Å². The Kier molecular flexibility index (Phi) is 6.08. The Morgan fingerprint density at radius 1 is 1.15 bits per heavy atom. The van der Waals surface area contributed by atoms with E-state index in [1.807, 2.05) is 13.1 Å². The van der Waals surface area contributed by atoms with Crippen molar-refractivity contribution in [3.8, 4) is 0 Å². The molecular formula is C17H19BrClN. The van der Waals surface area contributed by atoms with Crippen molar-refractivity contribution in [2.45, 2.75) is 25.3 Å². The third-order valence-electron chi connectivity index (χ3n) is 3.50. The average molecular weight is 353 g/mol. The molecule has 106 valence electrons. The Labute approximate surface area is 134 Å². The molecule has 0 aliphatic heterocycles. The highest BCUT2D eigenvalue weighted by atomic mass is 79.9. The van der Waals surface area contributed by atoms with Crippen LogP contribution < -0.4 is 5.32 Å². The molecule has 2 aromatic rings. The van der Waals surface area contributed by atoms with Gasteiger partial charge < -0.3 is 5.32 Å². The predicted octanol–water partition coefficient (Wildman–Crippen LogP) is 5.39. The summed E-state index contributed by atoms with van der Waals surface area (Å²) in [5.74, 6) is 0. The third-order valence-corrected chi connectivity index (χ3v) is 4.71. The lowest BCUT2D eigenvalue weighted by Crippen LogP contribution is -2.16. The van der Waals surface area contributed by atoms with Gasteiger partial charge in [0.25, 0.3) is 0 Å². The first-order chi connectivity index (χ1) is 9.70. The summed E-state index contributed by atoms with van der Waals surface area (Å²) in [7, 11) is 2.01. The van der Waals surface area contributed by atoms with Gasteiger partial charge in [0.15, 0.2) is 0 Å². The van der Waals surface area contributed by atoms with E-state index < -0.39 is 0 Å². The summed E-state index contributed by atoms with van der Waals surface area (Å²) >= 11 is 9.53. The fourth-order valence-corrected chi connectivity index (χ4v) is 2.88. The highest BCUT2D eigenvalue weighted by Gasteiger charge is 2.10. The summed E-state index contributed by atoms with van der Waals surface area (Å²) in [6, 6.07) is 17.1. The normalized spacial score (nSPS) is 12.3. The number of rotatable bonds is 6. The summed E-state index contributed by atoms with van der Waals surface area (Å²) in [5.41, 5.74) is 2.68. The summed E-state index contributed by atoms with van der Waals surface area (Å²) < 4.78 is 0.958. The zero-order chi connectivity index (χ0) is 14.4. The minimum absolute atomic E-state index is 0.368. The zero-order valence-electron chi connectivity index (χ0n) is 11.6. The van der Waals surface area contributed by atoms with Gasteiger partial charge in [0.1, 0.15) is 0 Å². The number of hydrogen-bond donors (Lipinski definition) is 1. The molecule has 0 heterocycles. The van der Waals surface area contributed by atoms with Gasteiger partial charge in [-0.2, -0.15) is 0 Å². The van der Waals surface area contributed by atoms with Crippen molar-refractivity contribution in [3.05, 3.63) is 69.2 Å². The minimum atomic E-state index is 0.368. The van der Waals surface area contributed by atoms with E-state index in [9.17, 15) is 0 Å². The zero-order valence-corrected chi connectivity index (χ0v) is 13.9. The molecular weight excluding hydrogens is 334 g/mol. The fraction of sp³-hybridized carbons (Fsp3) is 0.294. The van der Waals surface area contributed by atoms with Gasteiger partial charge in [-0.1, -0.05) is 48.0 Å². The van der Waals surface area contributed by atoms with E-state index >= 15 is 0 Å². The van der Waals surface area contributed by atoms with E-state index in [1.165, 1.54) is 11.1 Å².